The van der Waals surface area contributed by atoms with Crippen LogP contribution in [0, 0.1) is 0 Å². The lowest BCUT2D eigenvalue weighted by Crippen LogP contribution is -2.06. The molecule has 0 saturated heterocycles. The molecule has 0 atom stereocenters. The van der Waals surface area contributed by atoms with Crippen LogP contribution < -0.4 is 0 Å². The minimum atomic E-state index is -0.571. The van der Waals surface area contributed by atoms with Gasteiger partial charge in [-0.05, 0) is 6.07 Å². The van der Waals surface area contributed by atoms with E-state index in [0.29, 0.717) is 16.3 Å². The van der Waals surface area contributed by atoms with Crippen LogP contribution in [-0.4, -0.2) is 21.7 Å². The van der Waals surface area contributed by atoms with E-state index in [1.54, 1.807) is 29.8 Å². The third-order valence-electron chi connectivity index (χ3n) is 2.26. The maximum atomic E-state index is 11.6. The number of imidazole rings is 1. The van der Waals surface area contributed by atoms with Gasteiger partial charge in [0.1, 0.15) is 5.69 Å². The molecule has 0 unspecified atom stereocenters. The van der Waals surface area contributed by atoms with Gasteiger partial charge in [-0.1, -0.05) is 35.0 Å². The van der Waals surface area contributed by atoms with Crippen molar-refractivity contribution < 1.29 is 9.63 Å². The van der Waals surface area contributed by atoms with Crippen molar-refractivity contribution in [3.05, 3.63) is 53.1 Å². The molecule has 0 aliphatic heterocycles. The Kier molecular flexibility index (Phi) is 3.74. The lowest BCUT2D eigenvalue weighted by Gasteiger charge is -1.98. The Bertz CT molecular complexity index is 593. The van der Waals surface area contributed by atoms with Crippen LogP contribution in [-0.2, 0) is 11.9 Å². The minimum Gasteiger partial charge on any atom is -0.328 e. The van der Waals surface area contributed by atoms with Gasteiger partial charge in [-0.25, -0.2) is 9.78 Å². The predicted octanol–water partition coefficient (Wildman–Crippen LogP) is 2.26. The summed E-state index contributed by atoms with van der Waals surface area (Å²) >= 11 is 5.92. The van der Waals surface area contributed by atoms with Gasteiger partial charge in [0.15, 0.2) is 0 Å². The Hall–Kier alpha value is -2.14. The first-order chi connectivity index (χ1) is 8.68. The molecule has 6 heteroatoms. The molecule has 0 fully saturated rings. The summed E-state index contributed by atoms with van der Waals surface area (Å²) in [6, 6.07) is 7.12. The second kappa shape index (κ2) is 5.46. The van der Waals surface area contributed by atoms with E-state index < -0.39 is 5.97 Å². The molecule has 0 radical (unpaired) electrons. The van der Waals surface area contributed by atoms with Gasteiger partial charge in [-0.3, -0.25) is 0 Å². The van der Waals surface area contributed by atoms with Gasteiger partial charge in [0.05, 0.1) is 18.7 Å². The van der Waals surface area contributed by atoms with Crippen LogP contribution >= 0.6 is 11.6 Å². The molecule has 0 saturated carbocycles. The van der Waals surface area contributed by atoms with Crippen molar-refractivity contribution in [3.63, 3.8) is 0 Å². The SMILES string of the molecule is Cn1cncc1C(=O)ON=Cc1ccccc1Cl. The second-order valence-electron chi connectivity index (χ2n) is 3.52. The molecule has 0 amide bonds. The van der Waals surface area contributed by atoms with Gasteiger partial charge in [-0.15, -0.1) is 0 Å². The number of benzene rings is 1. The molecular formula is C12H10ClN3O2. The molecule has 5 nitrogen and oxygen atoms in total. The Morgan fingerprint density at radius 2 is 2.28 bits per heavy atom. The highest BCUT2D eigenvalue weighted by atomic mass is 35.5. The fourth-order valence-electron chi connectivity index (χ4n) is 1.31. The summed E-state index contributed by atoms with van der Waals surface area (Å²) in [6.45, 7) is 0. The van der Waals surface area contributed by atoms with Gasteiger partial charge >= 0.3 is 5.97 Å². The molecular weight excluding hydrogens is 254 g/mol. The highest BCUT2D eigenvalue weighted by molar-refractivity contribution is 6.33. The van der Waals surface area contributed by atoms with Crippen molar-refractivity contribution >= 4 is 23.8 Å². The quantitative estimate of drug-likeness (QED) is 0.485. The number of nitrogens with zero attached hydrogens (tertiary/aromatic N) is 3. The summed E-state index contributed by atoms with van der Waals surface area (Å²) in [7, 11) is 1.70. The van der Waals surface area contributed by atoms with Crippen molar-refractivity contribution in [2.75, 3.05) is 0 Å². The van der Waals surface area contributed by atoms with Crippen LogP contribution in [0.5, 0.6) is 0 Å². The fourth-order valence-corrected chi connectivity index (χ4v) is 1.50. The number of aromatic nitrogens is 2. The first kappa shape index (κ1) is 12.3. The first-order valence-corrected chi connectivity index (χ1v) is 5.52. The molecule has 92 valence electrons. The number of carbonyl (C=O) groups excluding carboxylic acids is 1. The predicted molar refractivity (Wildman–Crippen MR) is 67.7 cm³/mol. The molecule has 2 aromatic rings. The van der Waals surface area contributed by atoms with Gasteiger partial charge < -0.3 is 9.40 Å². The van der Waals surface area contributed by atoms with Crippen LogP contribution in [0.25, 0.3) is 0 Å². The third-order valence-corrected chi connectivity index (χ3v) is 2.60. The van der Waals surface area contributed by atoms with Crippen LogP contribution in [0.2, 0.25) is 5.02 Å². The van der Waals surface area contributed by atoms with E-state index in [9.17, 15) is 4.79 Å². The van der Waals surface area contributed by atoms with Crippen LogP contribution in [0.4, 0.5) is 0 Å². The molecule has 0 aliphatic rings. The number of hydrogen-bond acceptors (Lipinski definition) is 4. The van der Waals surface area contributed by atoms with Crippen molar-refractivity contribution in [1.82, 2.24) is 9.55 Å². The average molecular weight is 264 g/mol. The van der Waals surface area contributed by atoms with Gasteiger partial charge in [0.2, 0.25) is 0 Å². The van der Waals surface area contributed by atoms with Crippen molar-refractivity contribution in [3.8, 4) is 0 Å². The number of halogens is 1. The smallest absolute Gasteiger partial charge is 0.328 e. The molecule has 1 aromatic heterocycles. The van der Waals surface area contributed by atoms with E-state index in [1.807, 2.05) is 6.07 Å². The van der Waals surface area contributed by atoms with E-state index in [-0.39, 0.29) is 0 Å². The number of hydrogen-bond donors (Lipinski definition) is 0. The summed E-state index contributed by atoms with van der Waals surface area (Å²) in [5, 5.41) is 4.14. The van der Waals surface area contributed by atoms with E-state index in [4.69, 9.17) is 16.4 Å². The van der Waals surface area contributed by atoms with Crippen molar-refractivity contribution in [1.29, 1.82) is 0 Å². The summed E-state index contributed by atoms with van der Waals surface area (Å²) < 4.78 is 1.55. The maximum Gasteiger partial charge on any atom is 0.383 e. The topological polar surface area (TPSA) is 56.5 Å². The van der Waals surface area contributed by atoms with Gasteiger partial charge in [0.25, 0.3) is 0 Å². The normalized spacial score (nSPS) is 10.8. The molecule has 0 bridgehead atoms. The average Bonchev–Trinajstić information content (AvgIpc) is 2.78. The van der Waals surface area contributed by atoms with Crippen LogP contribution in [0.3, 0.4) is 0 Å². The Labute approximate surface area is 109 Å². The molecule has 18 heavy (non-hydrogen) atoms. The highest BCUT2D eigenvalue weighted by Gasteiger charge is 2.10. The molecule has 0 aliphatic carbocycles. The fraction of sp³-hybridized carbons (Fsp3) is 0.0833. The van der Waals surface area contributed by atoms with E-state index in [1.165, 1.54) is 18.7 Å². The van der Waals surface area contributed by atoms with Crippen molar-refractivity contribution in [2.45, 2.75) is 0 Å². The summed E-state index contributed by atoms with van der Waals surface area (Å²) in [6.07, 6.45) is 4.30. The van der Waals surface area contributed by atoms with E-state index in [2.05, 4.69) is 10.1 Å². The zero-order valence-electron chi connectivity index (χ0n) is 9.58. The Morgan fingerprint density at radius 1 is 1.50 bits per heavy atom. The summed E-state index contributed by atoms with van der Waals surface area (Å²) in [4.78, 5) is 20.1. The Balaban J connectivity index is 2.03. The van der Waals surface area contributed by atoms with Gasteiger partial charge in [-0.2, -0.15) is 0 Å². The number of carbonyl (C=O) groups is 1. The monoisotopic (exact) mass is 263 g/mol. The summed E-state index contributed by atoms with van der Waals surface area (Å²) in [5.41, 5.74) is 1.00. The zero-order chi connectivity index (χ0) is 13.0. The number of aryl methyl sites for hydroxylation is 1. The second-order valence-corrected chi connectivity index (χ2v) is 3.93. The largest absolute Gasteiger partial charge is 0.383 e. The van der Waals surface area contributed by atoms with Crippen molar-refractivity contribution in [2.24, 2.45) is 12.2 Å². The Morgan fingerprint density at radius 3 is 2.94 bits per heavy atom. The maximum absolute atomic E-state index is 11.6. The van der Waals surface area contributed by atoms with E-state index in [0.717, 1.165) is 0 Å². The highest BCUT2D eigenvalue weighted by Crippen LogP contribution is 2.12. The molecule has 0 N–H and O–H groups in total. The molecule has 1 aromatic carbocycles. The van der Waals surface area contributed by atoms with Crippen LogP contribution in [0.15, 0.2) is 41.9 Å². The van der Waals surface area contributed by atoms with E-state index >= 15 is 0 Å². The lowest BCUT2D eigenvalue weighted by atomic mass is 10.2. The first-order valence-electron chi connectivity index (χ1n) is 5.14. The minimum absolute atomic E-state index is 0.325. The molecule has 2 rings (SSSR count). The molecule has 0 spiro atoms. The van der Waals surface area contributed by atoms with Gasteiger partial charge in [0, 0.05) is 17.6 Å². The number of rotatable bonds is 3. The third kappa shape index (κ3) is 2.75. The zero-order valence-corrected chi connectivity index (χ0v) is 10.3. The molecule has 1 heterocycles. The number of oxime groups is 1. The van der Waals surface area contributed by atoms with Crippen LogP contribution in [0.1, 0.15) is 16.1 Å². The summed E-state index contributed by atoms with van der Waals surface area (Å²) in [5.74, 6) is -0.571. The standard InChI is InChI=1S/C12H10ClN3O2/c1-16-8-14-7-11(16)12(17)18-15-6-9-4-2-3-5-10(9)13/h2-8H,1H3. The lowest BCUT2D eigenvalue weighted by molar-refractivity contribution is 0.0508.